The predicted octanol–water partition coefficient (Wildman–Crippen LogP) is 6.19. The second kappa shape index (κ2) is 250. The van der Waals surface area contributed by atoms with E-state index >= 15 is 0 Å². The Morgan fingerprint density at radius 1 is 0.615 bits per heavy atom. The molecule has 0 fully saturated rings. The molecule has 13 heavy (non-hydrogen) atoms. The van der Waals surface area contributed by atoms with Gasteiger partial charge in [0.15, 0.2) is 0 Å². The van der Waals surface area contributed by atoms with E-state index < -0.39 is 0 Å². The molecule has 3 heteroatoms. The molecule has 0 saturated heterocycles. The van der Waals surface area contributed by atoms with Gasteiger partial charge in [-0.05, 0) is 0 Å². The maximum absolute atomic E-state index is 2.12. The third kappa shape index (κ3) is 3830. The number of hydrogen-bond acceptors (Lipinski definition) is 0. The Morgan fingerprint density at radius 2 is 0.615 bits per heavy atom. The van der Waals surface area contributed by atoms with E-state index in [4.69, 9.17) is 0 Å². The van der Waals surface area contributed by atoms with Crippen LogP contribution < -0.4 is 0 Å². The van der Waals surface area contributed by atoms with E-state index in [-0.39, 0.29) is 48.2 Å². The van der Waals surface area contributed by atoms with Crippen LogP contribution in [0.3, 0.4) is 0 Å². The fraction of sp³-hybridized carbons (Fsp3) is 0.800. The molecule has 0 radical (unpaired) electrons. The maximum Gasteiger partial charge on any atom is 4.00 e. The third-order valence-corrected chi connectivity index (χ3v) is 0. The molecule has 0 saturated carbocycles. The fourth-order valence-electron chi connectivity index (χ4n) is 0. The minimum atomic E-state index is 0. The van der Waals surface area contributed by atoms with Crippen LogP contribution in [0.2, 0.25) is 0 Å². The molecule has 0 heterocycles. The van der Waals surface area contributed by atoms with Crippen molar-refractivity contribution < 1.29 is 21.1 Å². The van der Waals surface area contributed by atoms with Crippen molar-refractivity contribution in [2.24, 2.45) is 0 Å². The van der Waals surface area contributed by atoms with Gasteiger partial charge in [-0.25, -0.2) is 0 Å². The largest absolute Gasteiger partial charge is 4.00 e. The molecule has 2 nitrogen and oxygen atoms in total. The van der Waals surface area contributed by atoms with Gasteiger partial charge < -0.3 is 27.2 Å². The molecule has 0 aliphatic rings. The number of hydrogen-bond donors (Lipinski definition) is 0. The Kier molecular flexibility index (Phi) is 1320. The van der Waals surface area contributed by atoms with Gasteiger partial charge in [0.05, 0.1) is 0 Å². The van der Waals surface area contributed by atoms with E-state index in [0.29, 0.717) is 0 Å². The zero-order chi connectivity index (χ0) is 7.41. The Morgan fingerprint density at radius 3 is 0.615 bits per heavy atom. The van der Waals surface area contributed by atoms with Crippen LogP contribution in [0.1, 0.15) is 54.4 Å². The van der Waals surface area contributed by atoms with Crippen LogP contribution >= 0.6 is 0 Å². The van der Waals surface area contributed by atoms with Gasteiger partial charge in [0.1, 0.15) is 0 Å². The number of rotatable bonds is 0. The number of nitrogens with two attached hydrogens (primary N) is 2. The standard InChI is InChI=1S/2C3H8.C2H6.2CH3.2H2N.Pt/c2*1-3-2;1-2;;;;;/h2*3H2,1-2H3;1-2H3;2*1H3;2*1H2;/q;;;4*-1;+4. The zero-order valence-corrected chi connectivity index (χ0v) is 13.2. The third-order valence-electron chi connectivity index (χ3n) is 0. The van der Waals surface area contributed by atoms with E-state index in [1.807, 2.05) is 13.8 Å². The summed E-state index contributed by atoms with van der Waals surface area (Å²) in [6, 6.07) is 0. The first-order valence-corrected chi connectivity index (χ1v) is 3.83. The summed E-state index contributed by atoms with van der Waals surface area (Å²) in [5, 5.41) is 0. The molecule has 0 aliphatic carbocycles. The topological polar surface area (TPSA) is 67.0 Å². The van der Waals surface area contributed by atoms with Crippen molar-refractivity contribution in [2.75, 3.05) is 0 Å². The molecule has 0 bridgehead atoms. The SMILES string of the molecule is CC.CCC.CCC.[CH3-].[CH3-].[NH2-].[NH2-].[Pt+4]. The van der Waals surface area contributed by atoms with Gasteiger partial charge in [-0.3, -0.25) is 0 Å². The molecule has 0 aliphatic heterocycles. The van der Waals surface area contributed by atoms with Crippen LogP contribution in [0, 0.1) is 14.9 Å². The molecule has 0 rings (SSSR count). The van der Waals surface area contributed by atoms with Crippen molar-refractivity contribution in [3.05, 3.63) is 27.2 Å². The normalized spacial score (nSPS) is 3.23. The minimum absolute atomic E-state index is 0. The smallest absolute Gasteiger partial charge is 0.693 e. The molecule has 0 amide bonds. The van der Waals surface area contributed by atoms with Gasteiger partial charge in [-0.1, -0.05) is 54.4 Å². The van der Waals surface area contributed by atoms with Gasteiger partial charge in [0.25, 0.3) is 0 Å². The maximum atomic E-state index is 2.12. The van der Waals surface area contributed by atoms with E-state index in [1.165, 1.54) is 12.8 Å². The Bertz CT molecular complexity index is 14.9. The average molecular weight is 375 g/mol. The summed E-state index contributed by atoms with van der Waals surface area (Å²) in [6.45, 7) is 12.5. The second-order valence-corrected chi connectivity index (χ2v) is 1.41. The van der Waals surface area contributed by atoms with Crippen LogP contribution in [-0.4, -0.2) is 0 Å². The molecule has 0 aromatic heterocycles. The Labute approximate surface area is 103 Å². The first kappa shape index (κ1) is 68.8. The molecule has 0 aromatic rings. The van der Waals surface area contributed by atoms with Crippen molar-refractivity contribution >= 4 is 0 Å². The van der Waals surface area contributed by atoms with Crippen LogP contribution in [0.25, 0.3) is 12.3 Å². The molecule has 0 unspecified atom stereocenters. The molecule has 0 atom stereocenters. The predicted molar refractivity (Wildman–Crippen MR) is 66.7 cm³/mol. The van der Waals surface area contributed by atoms with Crippen molar-refractivity contribution in [1.29, 1.82) is 0 Å². The molecule has 0 spiro atoms. The molecular weight excluding hydrogens is 343 g/mol. The molecule has 92 valence electrons. The summed E-state index contributed by atoms with van der Waals surface area (Å²) in [5.41, 5.74) is 0. The quantitative estimate of drug-likeness (QED) is 0.453. The van der Waals surface area contributed by atoms with Crippen LogP contribution in [-0.2, 0) is 21.1 Å². The molecule has 0 aromatic carbocycles. The van der Waals surface area contributed by atoms with Gasteiger partial charge in [-0.2, -0.15) is 0 Å². The fourth-order valence-corrected chi connectivity index (χ4v) is 0. The summed E-state index contributed by atoms with van der Waals surface area (Å²) in [7, 11) is 0. The van der Waals surface area contributed by atoms with Crippen molar-refractivity contribution in [3.8, 4) is 0 Å². The molecular formula is C10H32N2Pt. The summed E-state index contributed by atoms with van der Waals surface area (Å²) in [6.07, 6.45) is 2.50. The van der Waals surface area contributed by atoms with Crippen molar-refractivity contribution in [1.82, 2.24) is 0 Å². The second-order valence-electron chi connectivity index (χ2n) is 1.41. The van der Waals surface area contributed by atoms with Gasteiger partial charge in [-0.15, -0.1) is 0 Å². The van der Waals surface area contributed by atoms with Crippen molar-refractivity contribution in [3.63, 3.8) is 0 Å². The summed E-state index contributed by atoms with van der Waals surface area (Å²) in [5.74, 6) is 0. The van der Waals surface area contributed by atoms with Crippen LogP contribution in [0.15, 0.2) is 0 Å². The minimum Gasteiger partial charge on any atom is -0.693 e. The van der Waals surface area contributed by atoms with Crippen molar-refractivity contribution in [2.45, 2.75) is 54.4 Å². The Hall–Kier alpha value is 0.608. The van der Waals surface area contributed by atoms with Gasteiger partial charge >= 0.3 is 21.1 Å². The average Bonchev–Trinajstić information content (AvgIpc) is 1.75. The van der Waals surface area contributed by atoms with Gasteiger partial charge in [0, 0.05) is 0 Å². The van der Waals surface area contributed by atoms with Gasteiger partial charge in [0.2, 0.25) is 0 Å². The van der Waals surface area contributed by atoms with Crippen LogP contribution in [0.4, 0.5) is 0 Å². The zero-order valence-electron chi connectivity index (χ0n) is 10.9. The first-order valence-electron chi connectivity index (χ1n) is 3.83. The van der Waals surface area contributed by atoms with Crippen LogP contribution in [0.5, 0.6) is 0 Å². The van der Waals surface area contributed by atoms with E-state index in [0.717, 1.165) is 0 Å². The summed E-state index contributed by atoms with van der Waals surface area (Å²) in [4.78, 5) is 0. The summed E-state index contributed by atoms with van der Waals surface area (Å²) < 4.78 is 0. The monoisotopic (exact) mass is 375 g/mol. The summed E-state index contributed by atoms with van der Waals surface area (Å²) >= 11 is 0. The first-order chi connectivity index (χ1) is 3.83. The van der Waals surface area contributed by atoms with E-state index in [2.05, 4.69) is 27.7 Å². The Balaban J connectivity index is -0.00000000409. The van der Waals surface area contributed by atoms with E-state index in [1.54, 1.807) is 0 Å². The molecule has 4 N–H and O–H groups in total. The van der Waals surface area contributed by atoms with E-state index in [9.17, 15) is 0 Å².